The third-order valence-corrected chi connectivity index (χ3v) is 6.20. The number of rotatable bonds is 8. The van der Waals surface area contributed by atoms with Gasteiger partial charge in [0.1, 0.15) is 0 Å². The van der Waals surface area contributed by atoms with Crippen LogP contribution in [0.3, 0.4) is 0 Å². The lowest BCUT2D eigenvalue weighted by Gasteiger charge is -2.29. The van der Waals surface area contributed by atoms with Crippen LogP contribution in [0.5, 0.6) is 0 Å². The molecule has 1 heterocycles. The van der Waals surface area contributed by atoms with E-state index in [0.29, 0.717) is 31.7 Å². The number of benzene rings is 2. The fourth-order valence-electron chi connectivity index (χ4n) is 3.12. The number of urea groups is 1. The van der Waals surface area contributed by atoms with Crippen molar-refractivity contribution in [2.24, 2.45) is 0 Å². The Morgan fingerprint density at radius 1 is 1.13 bits per heavy atom. The quantitative estimate of drug-likeness (QED) is 0.558. The molecule has 30 heavy (non-hydrogen) atoms. The van der Waals surface area contributed by atoms with Gasteiger partial charge < -0.3 is 15.5 Å². The number of nitrogens with one attached hydrogen (secondary N) is 3. The number of anilines is 1. The molecule has 0 spiro atoms. The van der Waals surface area contributed by atoms with E-state index in [1.165, 1.54) is 12.1 Å². The van der Waals surface area contributed by atoms with Crippen LogP contribution in [-0.2, 0) is 16.4 Å². The van der Waals surface area contributed by atoms with Gasteiger partial charge in [-0.2, -0.15) is 0 Å². The van der Waals surface area contributed by atoms with Gasteiger partial charge in [0.05, 0.1) is 17.1 Å². The number of sulfonamides is 1. The summed E-state index contributed by atoms with van der Waals surface area (Å²) >= 11 is 0. The highest BCUT2D eigenvalue weighted by Crippen LogP contribution is 2.21. The number of unbranched alkanes of at least 4 members (excludes halogenated alkanes) is 1. The molecule has 2 aromatic carbocycles. The summed E-state index contributed by atoms with van der Waals surface area (Å²) in [6, 6.07) is 13.0. The highest BCUT2D eigenvalue weighted by atomic mass is 32.2. The molecule has 0 aliphatic carbocycles. The van der Waals surface area contributed by atoms with Crippen LogP contribution in [0.4, 0.5) is 10.5 Å². The monoisotopic (exact) mass is 430 g/mol. The first kappa shape index (κ1) is 21.6. The molecule has 0 bridgehead atoms. The Morgan fingerprint density at radius 2 is 1.87 bits per heavy atom. The van der Waals surface area contributed by atoms with Crippen LogP contribution in [0, 0.1) is 0 Å². The molecule has 0 radical (unpaired) electrons. The Hall–Kier alpha value is -3.07. The van der Waals surface area contributed by atoms with Crippen LogP contribution in [0.25, 0.3) is 0 Å². The average molecular weight is 431 g/mol. The second kappa shape index (κ2) is 9.62. The van der Waals surface area contributed by atoms with Crippen LogP contribution in [0.15, 0.2) is 53.4 Å². The molecular weight excluding hydrogens is 404 g/mol. The fraction of sp³-hybridized carbons (Fsp3) is 0.333. The van der Waals surface area contributed by atoms with E-state index in [1.807, 2.05) is 29.8 Å². The van der Waals surface area contributed by atoms with E-state index in [0.717, 1.165) is 24.1 Å². The number of carbonyl (C=O) groups excluding carboxylic acids is 2. The van der Waals surface area contributed by atoms with E-state index >= 15 is 0 Å². The molecule has 8 nitrogen and oxygen atoms in total. The average Bonchev–Trinajstić information content (AvgIpc) is 2.73. The summed E-state index contributed by atoms with van der Waals surface area (Å²) in [5.41, 5.74) is 2.38. The lowest BCUT2D eigenvalue weighted by Crippen LogP contribution is -2.41. The lowest BCUT2D eigenvalue weighted by atomic mass is 10.1. The van der Waals surface area contributed by atoms with E-state index in [1.54, 1.807) is 23.1 Å². The zero-order valence-electron chi connectivity index (χ0n) is 16.8. The highest BCUT2D eigenvalue weighted by molar-refractivity contribution is 7.90. The minimum atomic E-state index is -3.93. The van der Waals surface area contributed by atoms with Gasteiger partial charge in [0.15, 0.2) is 0 Å². The third kappa shape index (κ3) is 5.29. The highest BCUT2D eigenvalue weighted by Gasteiger charge is 2.23. The van der Waals surface area contributed by atoms with Crippen LogP contribution in [0.2, 0.25) is 0 Å². The molecule has 2 aromatic rings. The van der Waals surface area contributed by atoms with E-state index in [9.17, 15) is 18.0 Å². The lowest BCUT2D eigenvalue weighted by molar-refractivity contribution is 0.0760. The topological polar surface area (TPSA) is 108 Å². The largest absolute Gasteiger partial charge is 0.367 e. The molecule has 0 unspecified atom stereocenters. The van der Waals surface area contributed by atoms with Gasteiger partial charge in [0.2, 0.25) is 0 Å². The molecule has 0 saturated heterocycles. The number of hydrogen-bond acceptors (Lipinski definition) is 5. The molecule has 9 heteroatoms. The van der Waals surface area contributed by atoms with Crippen molar-refractivity contribution in [1.82, 2.24) is 14.9 Å². The fourth-order valence-corrected chi connectivity index (χ4v) is 4.05. The van der Waals surface area contributed by atoms with Crippen LogP contribution < -0.4 is 15.4 Å². The number of fused-ring (bicyclic) bond motifs is 1. The first-order valence-electron chi connectivity index (χ1n) is 9.92. The number of hydrogen-bond donors (Lipinski definition) is 3. The van der Waals surface area contributed by atoms with Gasteiger partial charge in [-0.05, 0) is 42.7 Å². The SMILES string of the molecule is CCCCNC(=O)NS(=O)(=O)c1ccc(CCN2CNc3ccccc3C2=O)cc1. The van der Waals surface area contributed by atoms with Gasteiger partial charge in [0.25, 0.3) is 15.9 Å². The Morgan fingerprint density at radius 3 is 2.60 bits per heavy atom. The van der Waals surface area contributed by atoms with Gasteiger partial charge in [0, 0.05) is 18.8 Å². The molecule has 3 rings (SSSR count). The summed E-state index contributed by atoms with van der Waals surface area (Å²) < 4.78 is 26.6. The Labute approximate surface area is 176 Å². The van der Waals surface area contributed by atoms with E-state index in [4.69, 9.17) is 0 Å². The molecule has 1 aliphatic rings. The zero-order valence-corrected chi connectivity index (χ0v) is 17.7. The number of carbonyl (C=O) groups is 2. The van der Waals surface area contributed by atoms with Gasteiger partial charge in [-0.1, -0.05) is 37.6 Å². The minimum Gasteiger partial charge on any atom is -0.367 e. The second-order valence-corrected chi connectivity index (χ2v) is 8.74. The second-order valence-electron chi connectivity index (χ2n) is 7.06. The maximum atomic E-state index is 12.6. The first-order valence-corrected chi connectivity index (χ1v) is 11.4. The van der Waals surface area contributed by atoms with Crippen molar-refractivity contribution >= 4 is 27.6 Å². The molecule has 3 N–H and O–H groups in total. The van der Waals surface area contributed by atoms with Crippen molar-refractivity contribution in [2.45, 2.75) is 31.1 Å². The van der Waals surface area contributed by atoms with E-state index in [2.05, 4.69) is 10.6 Å². The summed E-state index contributed by atoms with van der Waals surface area (Å²) in [6.45, 7) is 3.34. The molecule has 160 valence electrons. The van der Waals surface area contributed by atoms with Gasteiger partial charge in [-0.3, -0.25) is 4.79 Å². The molecule has 3 amide bonds. The van der Waals surface area contributed by atoms with Gasteiger partial charge in [-0.15, -0.1) is 0 Å². The predicted molar refractivity (Wildman–Crippen MR) is 115 cm³/mol. The molecule has 0 atom stereocenters. The van der Waals surface area contributed by atoms with E-state index in [-0.39, 0.29) is 10.8 Å². The standard InChI is InChI=1S/C21H26N4O4S/c1-2-3-13-22-21(27)24-30(28,29)17-10-8-16(9-11-17)12-14-25-15-23-19-7-5-4-6-18(19)20(25)26/h4-11,23H,2-3,12-15H2,1H3,(H2,22,24,27). The Bertz CT molecular complexity index is 1010. The predicted octanol–water partition coefficient (Wildman–Crippen LogP) is 2.54. The van der Waals surface area contributed by atoms with E-state index < -0.39 is 16.1 Å². The van der Waals surface area contributed by atoms with Crippen LogP contribution in [-0.4, -0.2) is 45.0 Å². The molecule has 1 aliphatic heterocycles. The summed E-state index contributed by atoms with van der Waals surface area (Å²) in [7, 11) is -3.93. The van der Waals surface area contributed by atoms with Crippen molar-refractivity contribution in [1.29, 1.82) is 0 Å². The minimum absolute atomic E-state index is 0.0153. The van der Waals surface area contributed by atoms with Gasteiger partial charge in [-0.25, -0.2) is 17.9 Å². The normalized spacial score (nSPS) is 13.4. The van der Waals surface area contributed by atoms with Crippen molar-refractivity contribution < 1.29 is 18.0 Å². The molecule has 0 aromatic heterocycles. The van der Waals surface area contributed by atoms with Crippen molar-refractivity contribution in [2.75, 3.05) is 25.1 Å². The van der Waals surface area contributed by atoms with Crippen molar-refractivity contribution in [3.05, 3.63) is 59.7 Å². The number of nitrogens with zero attached hydrogens (tertiary/aromatic N) is 1. The van der Waals surface area contributed by atoms with Crippen LogP contribution in [0.1, 0.15) is 35.7 Å². The smallest absolute Gasteiger partial charge is 0.328 e. The maximum absolute atomic E-state index is 12.6. The Balaban J connectivity index is 1.56. The van der Waals surface area contributed by atoms with Gasteiger partial charge >= 0.3 is 6.03 Å². The number of para-hydroxylation sites is 1. The molecule has 0 fully saturated rings. The molecule has 0 saturated carbocycles. The Kier molecular flexibility index (Phi) is 6.94. The third-order valence-electron chi connectivity index (χ3n) is 4.85. The number of amides is 3. The van der Waals surface area contributed by atoms with Crippen molar-refractivity contribution in [3.63, 3.8) is 0 Å². The summed E-state index contributed by atoms with van der Waals surface area (Å²) in [4.78, 5) is 26.0. The molecular formula is C21H26N4O4S. The van der Waals surface area contributed by atoms with Crippen molar-refractivity contribution in [3.8, 4) is 0 Å². The zero-order chi connectivity index (χ0) is 21.6. The maximum Gasteiger partial charge on any atom is 0.328 e. The summed E-state index contributed by atoms with van der Waals surface area (Å²) in [5.74, 6) is -0.0261. The summed E-state index contributed by atoms with van der Waals surface area (Å²) in [6.07, 6.45) is 2.27. The summed E-state index contributed by atoms with van der Waals surface area (Å²) in [5, 5.41) is 5.74. The first-order chi connectivity index (χ1) is 14.4. The van der Waals surface area contributed by atoms with Crippen LogP contribution >= 0.6 is 0 Å².